The van der Waals surface area contributed by atoms with Crippen molar-refractivity contribution in [2.45, 2.75) is 26.8 Å². The van der Waals surface area contributed by atoms with Crippen LogP contribution in [0.25, 0.3) is 21.7 Å². The lowest BCUT2D eigenvalue weighted by Gasteiger charge is -2.08. The Bertz CT molecular complexity index is 944. The Hall–Kier alpha value is -2.66. The van der Waals surface area contributed by atoms with Crippen LogP contribution in [0.1, 0.15) is 26.3 Å². The molecular formula is C20H22N4S. The Morgan fingerprint density at radius 2 is 2.20 bits per heavy atom. The molecule has 3 rings (SSSR count). The predicted molar refractivity (Wildman–Crippen MR) is 108 cm³/mol. The van der Waals surface area contributed by atoms with Gasteiger partial charge < -0.3 is 9.72 Å². The first-order valence-electron chi connectivity index (χ1n) is 8.27. The third-order valence-corrected chi connectivity index (χ3v) is 4.62. The summed E-state index contributed by atoms with van der Waals surface area (Å²) in [5.74, 6) is 0. The normalized spacial score (nSPS) is 12.4. The molecule has 0 aliphatic rings. The molecular weight excluding hydrogens is 328 g/mol. The Morgan fingerprint density at radius 1 is 1.36 bits per heavy atom. The second-order valence-corrected chi connectivity index (χ2v) is 7.02. The van der Waals surface area contributed by atoms with Crippen molar-refractivity contribution in [3.05, 3.63) is 67.3 Å². The quantitative estimate of drug-likeness (QED) is 0.603. The van der Waals surface area contributed by atoms with E-state index in [1.54, 1.807) is 17.4 Å². The summed E-state index contributed by atoms with van der Waals surface area (Å²) in [4.78, 5) is 10.1. The Morgan fingerprint density at radius 3 is 2.92 bits per heavy atom. The smallest absolute Gasteiger partial charge is 0.183 e. The molecule has 0 aliphatic heterocycles. The number of hydrogen-bond donors (Lipinski definition) is 1. The zero-order chi connectivity index (χ0) is 17.8. The number of pyridine rings is 1. The van der Waals surface area contributed by atoms with E-state index in [1.807, 2.05) is 37.7 Å². The topological polar surface area (TPSA) is 42.2 Å². The van der Waals surface area contributed by atoms with Gasteiger partial charge in [-0.05, 0) is 32.4 Å². The Balaban J connectivity index is 2.13. The van der Waals surface area contributed by atoms with Crippen LogP contribution in [-0.4, -0.2) is 20.4 Å². The average Bonchev–Trinajstić information content (AvgIpc) is 3.22. The fraction of sp³-hybridized carbons (Fsp3) is 0.200. The third kappa shape index (κ3) is 3.72. The molecule has 0 unspecified atom stereocenters. The van der Waals surface area contributed by atoms with Crippen molar-refractivity contribution in [3.63, 3.8) is 0 Å². The molecule has 0 atom stereocenters. The molecule has 0 aliphatic carbocycles. The number of imidazole rings is 1. The van der Waals surface area contributed by atoms with Gasteiger partial charge in [0.05, 0.1) is 4.88 Å². The highest BCUT2D eigenvalue weighted by molar-refractivity contribution is 7.18. The number of nitrogens with zero attached hydrogens (tertiary/aromatic N) is 3. The van der Waals surface area contributed by atoms with E-state index in [2.05, 4.69) is 58.5 Å². The molecule has 0 amide bonds. The molecule has 0 spiro atoms. The molecule has 25 heavy (non-hydrogen) atoms. The zero-order valence-electron chi connectivity index (χ0n) is 14.7. The first kappa shape index (κ1) is 17.2. The van der Waals surface area contributed by atoms with Gasteiger partial charge in [0.1, 0.15) is 5.65 Å². The second kappa shape index (κ2) is 7.49. The lowest BCUT2D eigenvalue weighted by molar-refractivity contribution is 0.896. The van der Waals surface area contributed by atoms with E-state index in [9.17, 15) is 0 Å². The predicted octanol–water partition coefficient (Wildman–Crippen LogP) is 5.42. The van der Waals surface area contributed by atoms with Crippen molar-refractivity contribution in [3.8, 4) is 10.4 Å². The van der Waals surface area contributed by atoms with Crippen molar-refractivity contribution < 1.29 is 0 Å². The molecule has 3 aromatic heterocycles. The summed E-state index contributed by atoms with van der Waals surface area (Å²) in [5, 5.41) is 4.30. The highest BCUT2D eigenvalue weighted by atomic mass is 32.1. The van der Waals surface area contributed by atoms with Crippen molar-refractivity contribution in [2.24, 2.45) is 0 Å². The van der Waals surface area contributed by atoms with Crippen LogP contribution in [0.2, 0.25) is 0 Å². The highest BCUT2D eigenvalue weighted by Gasteiger charge is 2.12. The molecule has 1 N–H and O–H groups in total. The number of hydrogen-bond acceptors (Lipinski definition) is 4. The summed E-state index contributed by atoms with van der Waals surface area (Å²) < 4.78 is 2.06. The number of nitrogens with one attached hydrogen (secondary N) is 1. The van der Waals surface area contributed by atoms with Gasteiger partial charge in [-0.25, -0.2) is 9.97 Å². The largest absolute Gasteiger partial charge is 0.359 e. The van der Waals surface area contributed by atoms with E-state index in [-0.39, 0.29) is 0 Å². The molecule has 0 aromatic carbocycles. The van der Waals surface area contributed by atoms with Gasteiger partial charge in [0.2, 0.25) is 0 Å². The second-order valence-electron chi connectivity index (χ2n) is 5.99. The first-order valence-corrected chi connectivity index (χ1v) is 9.09. The standard InChI is InChI=1S/C20H22N4S/c1-5-7-15(8-6-2)17-11-16(13-24-10-9-21-19(17)24)18-12-22-20(25-18)23-14(3)4/h5-14H,1H2,2-4H3,(H,22,23)/b8-6-,15-7+. The van der Waals surface area contributed by atoms with Gasteiger partial charge in [0, 0.05) is 42.0 Å². The fourth-order valence-corrected chi connectivity index (χ4v) is 3.59. The molecule has 0 fully saturated rings. The SMILES string of the molecule is C=C/C=C(\C=C/C)c1cc(-c2cnc(NC(C)C)s2)cn2ccnc12. The number of allylic oxidation sites excluding steroid dienone is 5. The Kier molecular flexibility index (Phi) is 5.14. The summed E-state index contributed by atoms with van der Waals surface area (Å²) in [6, 6.07) is 2.53. The van der Waals surface area contributed by atoms with Crippen LogP contribution in [0, 0.1) is 0 Å². The number of aromatic nitrogens is 3. The van der Waals surface area contributed by atoms with Crippen LogP contribution in [-0.2, 0) is 0 Å². The summed E-state index contributed by atoms with van der Waals surface area (Å²) >= 11 is 1.66. The summed E-state index contributed by atoms with van der Waals surface area (Å²) in [7, 11) is 0. The highest BCUT2D eigenvalue weighted by Crippen LogP contribution is 2.32. The fourth-order valence-electron chi connectivity index (χ4n) is 2.64. The van der Waals surface area contributed by atoms with Crippen LogP contribution in [0.15, 0.2) is 61.7 Å². The molecule has 0 radical (unpaired) electrons. The monoisotopic (exact) mass is 350 g/mol. The van der Waals surface area contributed by atoms with Crippen molar-refractivity contribution in [2.75, 3.05) is 5.32 Å². The van der Waals surface area contributed by atoms with Gasteiger partial charge in [-0.1, -0.05) is 42.2 Å². The third-order valence-electron chi connectivity index (χ3n) is 3.64. The molecule has 4 nitrogen and oxygen atoms in total. The van der Waals surface area contributed by atoms with E-state index in [4.69, 9.17) is 0 Å². The first-order chi connectivity index (χ1) is 12.1. The van der Waals surface area contributed by atoms with Gasteiger partial charge in [0.15, 0.2) is 5.13 Å². The molecule has 0 bridgehead atoms. The zero-order valence-corrected chi connectivity index (χ0v) is 15.5. The van der Waals surface area contributed by atoms with E-state index in [0.29, 0.717) is 6.04 Å². The van der Waals surface area contributed by atoms with E-state index >= 15 is 0 Å². The maximum absolute atomic E-state index is 4.51. The molecule has 3 aromatic rings. The van der Waals surface area contributed by atoms with Gasteiger partial charge in [-0.15, -0.1) is 0 Å². The van der Waals surface area contributed by atoms with Gasteiger partial charge in [-0.2, -0.15) is 0 Å². The lowest BCUT2D eigenvalue weighted by Crippen LogP contribution is -2.08. The minimum atomic E-state index is 0.363. The number of fused-ring (bicyclic) bond motifs is 1. The van der Waals surface area contributed by atoms with Crippen molar-refractivity contribution in [1.29, 1.82) is 0 Å². The van der Waals surface area contributed by atoms with Crippen LogP contribution in [0.4, 0.5) is 5.13 Å². The maximum Gasteiger partial charge on any atom is 0.183 e. The molecule has 0 saturated heterocycles. The molecule has 128 valence electrons. The van der Waals surface area contributed by atoms with Gasteiger partial charge in [0.25, 0.3) is 0 Å². The van der Waals surface area contributed by atoms with E-state index in [1.165, 1.54) is 0 Å². The number of thiazole rings is 1. The maximum atomic E-state index is 4.51. The van der Waals surface area contributed by atoms with Crippen LogP contribution in [0.5, 0.6) is 0 Å². The summed E-state index contributed by atoms with van der Waals surface area (Å²) in [5.41, 5.74) is 4.21. The van der Waals surface area contributed by atoms with Gasteiger partial charge >= 0.3 is 0 Å². The molecule has 3 heterocycles. The molecule has 5 heteroatoms. The summed E-state index contributed by atoms with van der Waals surface area (Å²) in [6.45, 7) is 10.1. The number of anilines is 1. The summed E-state index contributed by atoms with van der Waals surface area (Å²) in [6.07, 6.45) is 15.7. The van der Waals surface area contributed by atoms with E-state index < -0.39 is 0 Å². The number of rotatable bonds is 6. The average molecular weight is 350 g/mol. The minimum absolute atomic E-state index is 0.363. The molecule has 0 saturated carbocycles. The Labute approximate surface area is 152 Å². The van der Waals surface area contributed by atoms with Crippen LogP contribution >= 0.6 is 11.3 Å². The van der Waals surface area contributed by atoms with Gasteiger partial charge in [-0.3, -0.25) is 0 Å². The minimum Gasteiger partial charge on any atom is -0.359 e. The van der Waals surface area contributed by atoms with E-state index in [0.717, 1.165) is 32.4 Å². The van der Waals surface area contributed by atoms with Crippen molar-refractivity contribution in [1.82, 2.24) is 14.4 Å². The van der Waals surface area contributed by atoms with Crippen LogP contribution < -0.4 is 5.32 Å². The van der Waals surface area contributed by atoms with Crippen LogP contribution in [0.3, 0.4) is 0 Å². The lowest BCUT2D eigenvalue weighted by atomic mass is 10.0. The van der Waals surface area contributed by atoms with Crippen molar-refractivity contribution >= 4 is 27.7 Å².